The van der Waals surface area contributed by atoms with Gasteiger partial charge in [0.15, 0.2) is 0 Å². The Morgan fingerprint density at radius 3 is 2.20 bits per heavy atom. The van der Waals surface area contributed by atoms with Crippen LogP contribution < -0.4 is 9.47 Å². The minimum Gasteiger partial charge on any atom is -0.507 e. The lowest BCUT2D eigenvalue weighted by molar-refractivity contribution is 0.395. The number of hydrogen-bond donors (Lipinski definition) is 1. The van der Waals surface area contributed by atoms with Crippen LogP contribution in [0.2, 0.25) is 0 Å². The number of phenolic OH excluding ortho intramolecular Hbond substituents is 1. The van der Waals surface area contributed by atoms with Crippen LogP contribution >= 0.6 is 0 Å². The number of phenols is 1. The predicted octanol–water partition coefficient (Wildman–Crippen LogP) is 6.54. The van der Waals surface area contributed by atoms with Gasteiger partial charge in [0.05, 0.1) is 14.2 Å². The summed E-state index contributed by atoms with van der Waals surface area (Å²) >= 11 is 0. The van der Waals surface area contributed by atoms with E-state index in [9.17, 15) is 5.11 Å². The van der Waals surface area contributed by atoms with Crippen molar-refractivity contribution in [2.24, 2.45) is 0 Å². The molecule has 0 spiro atoms. The van der Waals surface area contributed by atoms with Crippen LogP contribution in [0.1, 0.15) is 25.0 Å². The summed E-state index contributed by atoms with van der Waals surface area (Å²) in [6.45, 7) is 4.45. The molecule has 0 heterocycles. The van der Waals surface area contributed by atoms with Crippen molar-refractivity contribution >= 4 is 10.8 Å². The molecule has 4 aromatic rings. The third-order valence-electron chi connectivity index (χ3n) is 6.38. The van der Waals surface area contributed by atoms with E-state index in [2.05, 4.69) is 38.1 Å². The minimum atomic E-state index is -0.220. The second-order valence-electron chi connectivity index (χ2n) is 8.32. The van der Waals surface area contributed by atoms with E-state index in [1.165, 1.54) is 16.7 Å². The summed E-state index contributed by atoms with van der Waals surface area (Å²) < 4.78 is 11.0. The summed E-state index contributed by atoms with van der Waals surface area (Å²) in [4.78, 5) is 0. The van der Waals surface area contributed by atoms with Crippen LogP contribution in [0.15, 0.2) is 66.7 Å². The Morgan fingerprint density at radius 2 is 1.47 bits per heavy atom. The Kier molecular flexibility index (Phi) is 4.04. The number of benzene rings is 4. The molecule has 0 aromatic heterocycles. The van der Waals surface area contributed by atoms with Gasteiger partial charge in [0.1, 0.15) is 17.2 Å². The Hall–Kier alpha value is -3.46. The molecule has 0 aliphatic heterocycles. The van der Waals surface area contributed by atoms with Gasteiger partial charge in [-0.1, -0.05) is 50.2 Å². The molecule has 1 aliphatic rings. The average molecular weight is 396 g/mol. The molecule has 0 unspecified atom stereocenters. The zero-order valence-electron chi connectivity index (χ0n) is 17.6. The zero-order valence-corrected chi connectivity index (χ0v) is 17.6. The second-order valence-corrected chi connectivity index (χ2v) is 8.32. The molecule has 3 heteroatoms. The highest BCUT2D eigenvalue weighted by atomic mass is 16.5. The quantitative estimate of drug-likeness (QED) is 0.427. The zero-order chi connectivity index (χ0) is 21.0. The van der Waals surface area contributed by atoms with Crippen LogP contribution in [-0.2, 0) is 5.41 Å². The molecule has 0 fully saturated rings. The van der Waals surface area contributed by atoms with Crippen LogP contribution in [0.25, 0.3) is 33.0 Å². The third-order valence-corrected chi connectivity index (χ3v) is 6.38. The molecule has 5 rings (SSSR count). The first-order valence-electron chi connectivity index (χ1n) is 10.1. The van der Waals surface area contributed by atoms with E-state index in [-0.39, 0.29) is 5.41 Å². The first-order valence-corrected chi connectivity index (χ1v) is 10.1. The summed E-state index contributed by atoms with van der Waals surface area (Å²) in [7, 11) is 3.34. The molecule has 0 radical (unpaired) electrons. The van der Waals surface area contributed by atoms with Crippen LogP contribution in [0.4, 0.5) is 0 Å². The lowest BCUT2D eigenvalue weighted by Crippen LogP contribution is -2.15. The summed E-state index contributed by atoms with van der Waals surface area (Å²) in [6, 6.07) is 22.5. The summed E-state index contributed by atoms with van der Waals surface area (Å²) in [5.41, 5.74) is 6.76. The minimum absolute atomic E-state index is 0.220. The van der Waals surface area contributed by atoms with Crippen LogP contribution in [0.5, 0.6) is 17.2 Å². The van der Waals surface area contributed by atoms with Gasteiger partial charge < -0.3 is 14.6 Å². The predicted molar refractivity (Wildman–Crippen MR) is 122 cm³/mol. The molecule has 1 aliphatic carbocycles. The molecule has 0 amide bonds. The summed E-state index contributed by atoms with van der Waals surface area (Å²) in [6.07, 6.45) is 0. The van der Waals surface area contributed by atoms with Gasteiger partial charge in [-0.05, 0) is 57.5 Å². The fourth-order valence-corrected chi connectivity index (χ4v) is 4.77. The number of ether oxygens (including phenoxy) is 2. The standard InChI is InChI=1S/C27H24O3/c1-27(2)22-13-16(18-12-10-17(29-3)14-25(18)30-4)9-11-21(22)26-20-8-6-5-7-19(20)24(28)15-23(26)27/h5-15,28H,1-4H3. The van der Waals surface area contributed by atoms with Crippen LogP contribution in [-0.4, -0.2) is 19.3 Å². The van der Waals surface area contributed by atoms with E-state index in [0.717, 1.165) is 39.0 Å². The van der Waals surface area contributed by atoms with Crippen molar-refractivity contribution in [3.8, 4) is 39.5 Å². The Bertz CT molecular complexity index is 1300. The van der Waals surface area contributed by atoms with Crippen molar-refractivity contribution in [3.05, 3.63) is 77.9 Å². The van der Waals surface area contributed by atoms with Gasteiger partial charge in [-0.3, -0.25) is 0 Å². The number of methoxy groups -OCH3 is 2. The van der Waals surface area contributed by atoms with Crippen molar-refractivity contribution < 1.29 is 14.6 Å². The van der Waals surface area contributed by atoms with Gasteiger partial charge in [-0.2, -0.15) is 0 Å². The van der Waals surface area contributed by atoms with Gasteiger partial charge in [-0.15, -0.1) is 0 Å². The molecular weight excluding hydrogens is 372 g/mol. The molecule has 3 nitrogen and oxygen atoms in total. The fourth-order valence-electron chi connectivity index (χ4n) is 4.77. The highest BCUT2D eigenvalue weighted by molar-refractivity contribution is 6.05. The third kappa shape index (κ3) is 2.51. The van der Waals surface area contributed by atoms with Gasteiger partial charge in [-0.25, -0.2) is 0 Å². The lowest BCUT2D eigenvalue weighted by Gasteiger charge is -2.22. The van der Waals surface area contributed by atoms with Crippen molar-refractivity contribution in [3.63, 3.8) is 0 Å². The maximum absolute atomic E-state index is 10.7. The summed E-state index contributed by atoms with van der Waals surface area (Å²) in [5, 5.41) is 12.6. The molecule has 0 bridgehead atoms. The van der Waals surface area contributed by atoms with Crippen molar-refractivity contribution in [1.82, 2.24) is 0 Å². The van der Waals surface area contributed by atoms with E-state index in [0.29, 0.717) is 5.75 Å². The number of aromatic hydroxyl groups is 1. The van der Waals surface area contributed by atoms with E-state index in [4.69, 9.17) is 9.47 Å². The van der Waals surface area contributed by atoms with Gasteiger partial charge >= 0.3 is 0 Å². The normalized spacial score (nSPS) is 13.7. The van der Waals surface area contributed by atoms with Crippen LogP contribution in [0.3, 0.4) is 0 Å². The lowest BCUT2D eigenvalue weighted by atomic mass is 9.81. The summed E-state index contributed by atoms with van der Waals surface area (Å²) in [5.74, 6) is 1.89. The van der Waals surface area contributed by atoms with Crippen molar-refractivity contribution in [2.75, 3.05) is 14.2 Å². The second kappa shape index (κ2) is 6.53. The van der Waals surface area contributed by atoms with E-state index in [1.807, 2.05) is 42.5 Å². The molecule has 30 heavy (non-hydrogen) atoms. The van der Waals surface area contributed by atoms with E-state index in [1.54, 1.807) is 14.2 Å². The molecule has 150 valence electrons. The topological polar surface area (TPSA) is 38.7 Å². The maximum atomic E-state index is 10.7. The van der Waals surface area contributed by atoms with Crippen molar-refractivity contribution in [1.29, 1.82) is 0 Å². The molecule has 0 atom stereocenters. The number of rotatable bonds is 3. The Balaban J connectivity index is 1.75. The van der Waals surface area contributed by atoms with E-state index < -0.39 is 0 Å². The number of fused-ring (bicyclic) bond motifs is 5. The highest BCUT2D eigenvalue weighted by Crippen LogP contribution is 2.54. The Labute approximate surface area is 176 Å². The van der Waals surface area contributed by atoms with Gasteiger partial charge in [0.25, 0.3) is 0 Å². The SMILES string of the molecule is COc1ccc(-c2ccc3c(c2)C(C)(C)c2cc(O)c4ccccc4c2-3)c(OC)c1. The molecule has 0 saturated heterocycles. The fraction of sp³-hybridized carbons (Fsp3) is 0.185. The molecular formula is C27H24O3. The smallest absolute Gasteiger partial charge is 0.130 e. The molecule has 4 aromatic carbocycles. The monoisotopic (exact) mass is 396 g/mol. The molecule has 0 saturated carbocycles. The first kappa shape index (κ1) is 18.6. The van der Waals surface area contributed by atoms with E-state index >= 15 is 0 Å². The highest BCUT2D eigenvalue weighted by Gasteiger charge is 2.37. The largest absolute Gasteiger partial charge is 0.507 e. The first-order chi connectivity index (χ1) is 14.5. The van der Waals surface area contributed by atoms with Crippen LogP contribution in [0, 0.1) is 0 Å². The van der Waals surface area contributed by atoms with Gasteiger partial charge in [0, 0.05) is 22.4 Å². The van der Waals surface area contributed by atoms with Gasteiger partial charge in [0.2, 0.25) is 0 Å². The average Bonchev–Trinajstić information content (AvgIpc) is 3.00. The van der Waals surface area contributed by atoms with Crippen molar-refractivity contribution in [2.45, 2.75) is 19.3 Å². The maximum Gasteiger partial charge on any atom is 0.130 e. The Morgan fingerprint density at radius 1 is 0.733 bits per heavy atom. The molecule has 1 N–H and O–H groups in total. The number of hydrogen-bond acceptors (Lipinski definition) is 3.